The molecule has 6 unspecified atom stereocenters. The third kappa shape index (κ3) is 14.8. The Bertz CT molecular complexity index is 2720. The molecule has 3 aromatic carbocycles. The Morgan fingerprint density at radius 3 is 1.29 bits per heavy atom. The number of rotatable bonds is 24. The minimum atomic E-state index is -0.676. The number of fused-ring (bicyclic) bond motifs is 2. The van der Waals surface area contributed by atoms with Crippen molar-refractivity contribution in [2.75, 3.05) is 14.1 Å². The number of amides is 6. The Balaban J connectivity index is 0.734. The maximum atomic E-state index is 14.3. The summed E-state index contributed by atoms with van der Waals surface area (Å²) in [6, 6.07) is 23.5. The van der Waals surface area contributed by atoms with Gasteiger partial charge in [0.05, 0.1) is 36.6 Å². The summed E-state index contributed by atoms with van der Waals surface area (Å²) < 4.78 is 3.68. The van der Waals surface area contributed by atoms with Crippen LogP contribution in [0.2, 0.25) is 0 Å². The van der Waals surface area contributed by atoms with E-state index in [2.05, 4.69) is 76.8 Å². The van der Waals surface area contributed by atoms with Gasteiger partial charge in [-0.1, -0.05) is 121 Å². The summed E-state index contributed by atoms with van der Waals surface area (Å²) in [6.07, 6.45) is 18.2. The molecule has 20 nitrogen and oxygen atoms in total. The van der Waals surface area contributed by atoms with Crippen LogP contribution in [-0.2, 0) is 54.7 Å². The molecule has 9 rings (SSSR count). The molecule has 0 saturated carbocycles. The second-order valence-corrected chi connectivity index (χ2v) is 22.9. The number of hydrogen-bond donors (Lipinski definition) is 6. The first kappa shape index (κ1) is 59.3. The molecule has 4 aliphatic heterocycles. The van der Waals surface area contributed by atoms with Crippen LogP contribution < -0.4 is 31.9 Å². The highest BCUT2D eigenvalue weighted by Gasteiger charge is 2.46. The Hall–Kier alpha value is -7.32. The molecule has 0 bridgehead atoms. The van der Waals surface area contributed by atoms with Gasteiger partial charge in [-0.2, -0.15) is 0 Å². The van der Waals surface area contributed by atoms with Gasteiger partial charge >= 0.3 is 0 Å². The molecule has 438 valence electrons. The average Bonchev–Trinajstić information content (AvgIpc) is 4.39. The van der Waals surface area contributed by atoms with Crippen molar-refractivity contribution in [1.82, 2.24) is 71.7 Å². The Labute approximate surface area is 482 Å². The van der Waals surface area contributed by atoms with Crippen molar-refractivity contribution in [3.8, 4) is 0 Å². The zero-order valence-corrected chi connectivity index (χ0v) is 48.2. The van der Waals surface area contributed by atoms with Crippen LogP contribution in [0.3, 0.4) is 0 Å². The fourth-order valence-electron chi connectivity index (χ4n) is 12.3. The SMILES string of the molecule is CN[C@@H](C)C(=O)NC1CCCCC2CCC(C(=O)N[C@@H](c3ccccc3)c3cn(CCCCc4ccc(CCCCn5cc([C@@H](NC(=O)C6CCC7CCCCC(NC(=O)[C@H](C)NC)C(=O)N76)c6ccccc6)nn5)cc4)nn3)N2C1=O. The van der Waals surface area contributed by atoms with Gasteiger partial charge in [-0.3, -0.25) is 38.1 Å². The second kappa shape index (κ2) is 28.6. The molecule has 0 spiro atoms. The van der Waals surface area contributed by atoms with E-state index in [9.17, 15) is 28.8 Å². The monoisotopic (exact) mass is 1120 g/mol. The first-order valence-electron chi connectivity index (χ1n) is 30.1. The predicted octanol–water partition coefficient (Wildman–Crippen LogP) is 5.38. The lowest BCUT2D eigenvalue weighted by molar-refractivity contribution is -0.144. The molecule has 10 atom stereocenters. The van der Waals surface area contributed by atoms with Gasteiger partial charge in [-0.05, 0) is 140 Å². The molecule has 0 aliphatic carbocycles. The molecule has 6 amide bonds. The Morgan fingerprint density at radius 2 is 0.902 bits per heavy atom. The third-order valence-corrected chi connectivity index (χ3v) is 17.3. The second-order valence-electron chi connectivity index (χ2n) is 22.9. The topological polar surface area (TPSA) is 242 Å². The summed E-state index contributed by atoms with van der Waals surface area (Å²) in [4.78, 5) is 86.0. The van der Waals surface area contributed by atoms with Gasteiger partial charge in [0.1, 0.15) is 35.6 Å². The summed E-state index contributed by atoms with van der Waals surface area (Å²) in [7, 11) is 3.43. The molecule has 6 N–H and O–H groups in total. The van der Waals surface area contributed by atoms with E-state index < -0.39 is 48.3 Å². The molecule has 0 radical (unpaired) electrons. The zero-order valence-electron chi connectivity index (χ0n) is 48.2. The van der Waals surface area contributed by atoms with Crippen LogP contribution in [0.5, 0.6) is 0 Å². The highest BCUT2D eigenvalue weighted by molar-refractivity contribution is 5.95. The van der Waals surface area contributed by atoms with E-state index in [1.54, 1.807) is 37.7 Å². The number of hydrogen-bond acceptors (Lipinski definition) is 12. The van der Waals surface area contributed by atoms with Crippen LogP contribution in [-0.4, -0.2) is 138 Å². The van der Waals surface area contributed by atoms with Crippen molar-refractivity contribution in [3.05, 3.63) is 131 Å². The minimum absolute atomic E-state index is 0.0483. The zero-order chi connectivity index (χ0) is 57.5. The molecule has 82 heavy (non-hydrogen) atoms. The highest BCUT2D eigenvalue weighted by atomic mass is 16.2. The van der Waals surface area contributed by atoms with Gasteiger partial charge in [0.2, 0.25) is 35.4 Å². The lowest BCUT2D eigenvalue weighted by Gasteiger charge is -2.36. The van der Waals surface area contributed by atoms with Crippen molar-refractivity contribution in [2.45, 2.75) is 203 Å². The molecule has 4 aliphatic rings. The van der Waals surface area contributed by atoms with Gasteiger partial charge in [0.25, 0.3) is 0 Å². The van der Waals surface area contributed by atoms with Crippen molar-refractivity contribution >= 4 is 35.4 Å². The lowest BCUT2D eigenvalue weighted by atomic mass is 9.98. The number of benzene rings is 3. The van der Waals surface area contributed by atoms with E-state index in [1.807, 2.05) is 82.4 Å². The van der Waals surface area contributed by atoms with Gasteiger partial charge in [-0.15, -0.1) is 10.2 Å². The quantitative estimate of drug-likeness (QED) is 0.0427. The number of nitrogens with one attached hydrogen (secondary N) is 6. The molecule has 4 fully saturated rings. The number of carbonyl (C=O) groups excluding carboxylic acids is 6. The maximum absolute atomic E-state index is 14.3. The van der Waals surface area contributed by atoms with Gasteiger partial charge < -0.3 is 41.7 Å². The van der Waals surface area contributed by atoms with Crippen molar-refractivity contribution in [3.63, 3.8) is 0 Å². The molecule has 4 saturated heterocycles. The van der Waals surface area contributed by atoms with Crippen LogP contribution in [0, 0.1) is 0 Å². The minimum Gasteiger partial charge on any atom is -0.343 e. The first-order valence-corrected chi connectivity index (χ1v) is 30.1. The van der Waals surface area contributed by atoms with Crippen molar-refractivity contribution in [1.29, 1.82) is 0 Å². The summed E-state index contributed by atoms with van der Waals surface area (Å²) >= 11 is 0. The van der Waals surface area contributed by atoms with Gasteiger partial charge in [0, 0.05) is 25.2 Å². The van der Waals surface area contributed by atoms with E-state index in [0.717, 1.165) is 101 Å². The third-order valence-electron chi connectivity index (χ3n) is 17.3. The van der Waals surface area contributed by atoms with Gasteiger partial charge in [0.15, 0.2) is 0 Å². The largest absolute Gasteiger partial charge is 0.343 e. The number of unbranched alkanes of at least 4 members (excludes halogenated alkanes) is 2. The molecule has 20 heteroatoms. The summed E-state index contributed by atoms with van der Waals surface area (Å²) in [5.74, 6) is -1.31. The maximum Gasteiger partial charge on any atom is 0.246 e. The van der Waals surface area contributed by atoms with Gasteiger partial charge in [-0.25, -0.2) is 0 Å². The van der Waals surface area contributed by atoms with E-state index in [0.29, 0.717) is 50.2 Å². The molecular weight excluding hydrogens is 1040 g/mol. The number of likely N-dealkylation sites (N-methyl/N-ethyl adjacent to an activating group) is 2. The fraction of sp³-hybridized carbons (Fsp3) is 0.548. The smallest absolute Gasteiger partial charge is 0.246 e. The van der Waals surface area contributed by atoms with Crippen molar-refractivity contribution < 1.29 is 28.8 Å². The molecule has 5 aromatic rings. The van der Waals surface area contributed by atoms with Crippen LogP contribution in [0.25, 0.3) is 0 Å². The number of nitrogens with zero attached hydrogens (tertiary/aromatic N) is 8. The number of carbonyl (C=O) groups is 6. The van der Waals surface area contributed by atoms with Crippen molar-refractivity contribution in [2.24, 2.45) is 0 Å². The van der Waals surface area contributed by atoms with Crippen LogP contribution in [0.15, 0.2) is 97.3 Å². The average molecular weight is 1120 g/mol. The first-order chi connectivity index (χ1) is 39.9. The Kier molecular flexibility index (Phi) is 20.7. The van der Waals surface area contributed by atoms with Crippen LogP contribution in [0.1, 0.15) is 162 Å². The summed E-state index contributed by atoms with van der Waals surface area (Å²) in [6.45, 7) is 4.86. The molecule has 6 heterocycles. The normalized spacial score (nSPS) is 22.5. The predicted molar refractivity (Wildman–Crippen MR) is 310 cm³/mol. The summed E-state index contributed by atoms with van der Waals surface area (Å²) in [5, 5.41) is 36.4. The van der Waals surface area contributed by atoms with Crippen LogP contribution in [0.4, 0.5) is 0 Å². The molecule has 2 aromatic heterocycles. The van der Waals surface area contributed by atoms with E-state index >= 15 is 0 Å². The lowest BCUT2D eigenvalue weighted by Crippen LogP contribution is -2.58. The number of aromatic nitrogens is 6. The van der Waals surface area contributed by atoms with E-state index in [1.165, 1.54) is 11.1 Å². The Morgan fingerprint density at radius 1 is 0.512 bits per heavy atom. The molecular formula is C62H84N14O6. The highest BCUT2D eigenvalue weighted by Crippen LogP contribution is 2.34. The van der Waals surface area contributed by atoms with E-state index in [-0.39, 0.29) is 47.5 Å². The van der Waals surface area contributed by atoms with Crippen LogP contribution >= 0.6 is 0 Å². The fourth-order valence-corrected chi connectivity index (χ4v) is 12.3. The summed E-state index contributed by atoms with van der Waals surface area (Å²) in [5.41, 5.74) is 5.53. The number of aryl methyl sites for hydroxylation is 4. The van der Waals surface area contributed by atoms with E-state index in [4.69, 9.17) is 0 Å². The standard InChI is InChI=1S/C62H84N14O6/c1-41(63-3)57(77)65-49-27-13-11-25-47-33-35-53(75(47)61(49)81)59(79)67-55(45-21-7-5-8-22-45)51-39-73(71-69-51)37-17-15-19-43-29-31-44(32-30-43)20-16-18-38-74-40-52(70-72-74)56(46-23-9-6-10-24-46)68-60(80)54-36-34-48-26-12-14-28-50(62(82)76(48)54)66-58(78)42(2)64-4/h5-10,21-24,29-32,39-42,47-50,53-56,63-64H,11-20,25-28,33-38H2,1-4H3,(H,65,77)(H,66,78)(H,67,79)(H,68,80)/t41-,42-,47?,48?,49?,50?,53?,54?,55-,56-/m0/s1.